The van der Waals surface area contributed by atoms with Crippen LogP contribution in [0.4, 0.5) is 0 Å². The summed E-state index contributed by atoms with van der Waals surface area (Å²) in [6.45, 7) is 1.38. The van der Waals surface area contributed by atoms with E-state index in [9.17, 15) is 24.3 Å². The van der Waals surface area contributed by atoms with Crippen molar-refractivity contribution < 1.29 is 24.3 Å². The van der Waals surface area contributed by atoms with Gasteiger partial charge in [-0.15, -0.1) is 23.5 Å². The maximum absolute atomic E-state index is 12.9. The molecule has 1 aromatic rings. The normalized spacial score (nSPS) is 24.5. The molecule has 1 saturated carbocycles. The van der Waals surface area contributed by atoms with Crippen LogP contribution in [-0.2, 0) is 19.2 Å². The molecular formula is C24H22Cl3N3O5S2. The molecule has 0 radical (unpaired) electrons. The highest BCUT2D eigenvalue weighted by Crippen LogP contribution is 2.42. The topological polar surface area (TPSA) is 107 Å². The second kappa shape index (κ2) is 10.7. The fraction of sp³-hybridized carbons (Fsp3) is 0.417. The van der Waals surface area contributed by atoms with Gasteiger partial charge in [0.05, 0.1) is 20.8 Å². The number of carbonyl (C=O) groups is 4. The van der Waals surface area contributed by atoms with Gasteiger partial charge in [-0.3, -0.25) is 19.3 Å². The van der Waals surface area contributed by atoms with Gasteiger partial charge in [0.2, 0.25) is 11.8 Å². The van der Waals surface area contributed by atoms with Gasteiger partial charge in [-0.2, -0.15) is 0 Å². The number of allylic oxidation sites excluding steroid dienone is 1. The van der Waals surface area contributed by atoms with Crippen LogP contribution in [0.15, 0.2) is 39.9 Å². The third kappa shape index (κ3) is 5.49. The van der Waals surface area contributed by atoms with E-state index in [2.05, 4.69) is 5.32 Å². The number of carbonyl (C=O) groups excluding carboxylic acids is 3. The van der Waals surface area contributed by atoms with Crippen molar-refractivity contribution in [3.8, 4) is 0 Å². The van der Waals surface area contributed by atoms with E-state index < -0.39 is 29.2 Å². The number of hydrogen-bond donors (Lipinski definition) is 2. The summed E-state index contributed by atoms with van der Waals surface area (Å²) < 4.78 is 0. The first-order chi connectivity index (χ1) is 17.6. The third-order valence-electron chi connectivity index (χ3n) is 6.59. The number of carboxylic acids is 1. The Kier molecular flexibility index (Phi) is 7.75. The molecule has 8 nitrogen and oxygen atoms in total. The van der Waals surface area contributed by atoms with Crippen molar-refractivity contribution in [2.75, 3.05) is 24.6 Å². The molecule has 0 unspecified atom stereocenters. The van der Waals surface area contributed by atoms with Gasteiger partial charge in [0.25, 0.3) is 5.91 Å². The summed E-state index contributed by atoms with van der Waals surface area (Å²) in [4.78, 5) is 54.0. The summed E-state index contributed by atoms with van der Waals surface area (Å²) in [5.41, 5.74) is 0.884. The standard InChI is InChI=1S/C24H22Cl3N3O5S2/c25-14-6-16(27)17(7-15(14)26)36-10-18(31)28-19-22(33)30-20(24(34)35)13(9-37-23(19)30)5-12-3-4-29(21(12)32)8-11-1-2-11/h5-7,11,19,23H,1-4,8-10H2,(H,28,31)(H,34,35)/t19-,23-/m1/s1. The second-order valence-electron chi connectivity index (χ2n) is 9.23. The molecular weight excluding hydrogens is 581 g/mol. The Hall–Kier alpha value is -1.85. The van der Waals surface area contributed by atoms with E-state index in [1.807, 2.05) is 4.90 Å². The highest BCUT2D eigenvalue weighted by Gasteiger charge is 2.54. The Morgan fingerprint density at radius 2 is 1.89 bits per heavy atom. The molecule has 0 spiro atoms. The lowest BCUT2D eigenvalue weighted by Crippen LogP contribution is -2.70. The van der Waals surface area contributed by atoms with Gasteiger partial charge in [-0.05, 0) is 49.0 Å². The summed E-state index contributed by atoms with van der Waals surface area (Å²) in [7, 11) is 0. The molecule has 3 aliphatic heterocycles. The molecule has 3 fully saturated rings. The minimum atomic E-state index is -1.24. The van der Waals surface area contributed by atoms with Crippen LogP contribution in [-0.4, -0.2) is 74.6 Å². The van der Waals surface area contributed by atoms with Crippen LogP contribution in [0.5, 0.6) is 0 Å². The maximum Gasteiger partial charge on any atom is 0.352 e. The van der Waals surface area contributed by atoms with Crippen LogP contribution in [0.2, 0.25) is 15.1 Å². The fourth-order valence-corrected chi connectivity index (χ4v) is 7.37. The van der Waals surface area contributed by atoms with Gasteiger partial charge in [0.1, 0.15) is 17.1 Å². The molecule has 2 atom stereocenters. The monoisotopic (exact) mass is 601 g/mol. The van der Waals surface area contributed by atoms with Crippen molar-refractivity contribution in [1.82, 2.24) is 15.1 Å². The molecule has 0 aromatic heterocycles. The average Bonchev–Trinajstić information content (AvgIpc) is 3.62. The molecule has 37 heavy (non-hydrogen) atoms. The van der Waals surface area contributed by atoms with Crippen molar-refractivity contribution >= 4 is 82.0 Å². The summed E-state index contributed by atoms with van der Waals surface area (Å²) >= 11 is 20.6. The molecule has 13 heteroatoms. The number of amides is 3. The van der Waals surface area contributed by atoms with Crippen LogP contribution in [0.3, 0.4) is 0 Å². The first-order valence-corrected chi connectivity index (χ1v) is 14.8. The number of thioether (sulfide) groups is 2. The zero-order valence-corrected chi connectivity index (χ0v) is 23.2. The van der Waals surface area contributed by atoms with Crippen molar-refractivity contribution in [3.05, 3.63) is 50.1 Å². The predicted octanol–water partition coefficient (Wildman–Crippen LogP) is 4.05. The third-order valence-corrected chi connectivity index (χ3v) is 10.1. The fourth-order valence-electron chi connectivity index (χ4n) is 4.52. The summed E-state index contributed by atoms with van der Waals surface area (Å²) in [6, 6.07) is 2.22. The number of β-lactam (4-membered cyclic amide) rings is 1. The minimum absolute atomic E-state index is 0.0166. The molecule has 3 amide bonds. The highest BCUT2D eigenvalue weighted by molar-refractivity contribution is 8.00. The zero-order chi connectivity index (χ0) is 26.4. The van der Waals surface area contributed by atoms with E-state index in [4.69, 9.17) is 34.8 Å². The Bertz CT molecular complexity index is 1270. The van der Waals surface area contributed by atoms with Gasteiger partial charge >= 0.3 is 5.97 Å². The molecule has 196 valence electrons. The number of benzene rings is 1. The summed E-state index contributed by atoms with van der Waals surface area (Å²) in [6.07, 6.45) is 4.49. The molecule has 4 aliphatic rings. The number of carboxylic acid groups (broad SMARTS) is 1. The van der Waals surface area contributed by atoms with E-state index in [1.54, 1.807) is 12.1 Å². The largest absolute Gasteiger partial charge is 0.477 e. The van der Waals surface area contributed by atoms with Crippen LogP contribution >= 0.6 is 58.3 Å². The van der Waals surface area contributed by atoms with E-state index in [1.165, 1.54) is 22.7 Å². The van der Waals surface area contributed by atoms with Gasteiger partial charge in [-0.1, -0.05) is 34.8 Å². The lowest BCUT2D eigenvalue weighted by atomic mass is 10.0. The van der Waals surface area contributed by atoms with Crippen LogP contribution in [0, 0.1) is 5.92 Å². The van der Waals surface area contributed by atoms with Crippen LogP contribution in [0.25, 0.3) is 0 Å². The Morgan fingerprint density at radius 1 is 1.16 bits per heavy atom. The number of aliphatic carboxylic acids is 1. The Balaban J connectivity index is 1.24. The van der Waals surface area contributed by atoms with E-state index in [-0.39, 0.29) is 17.4 Å². The average molecular weight is 603 g/mol. The lowest BCUT2D eigenvalue weighted by molar-refractivity contribution is -0.150. The van der Waals surface area contributed by atoms with Crippen LogP contribution in [0.1, 0.15) is 19.3 Å². The molecule has 3 heterocycles. The number of nitrogens with one attached hydrogen (secondary N) is 1. The number of nitrogens with zero attached hydrogens (tertiary/aromatic N) is 2. The molecule has 2 saturated heterocycles. The number of halogens is 3. The Morgan fingerprint density at radius 3 is 2.59 bits per heavy atom. The Labute approximate surface area is 236 Å². The minimum Gasteiger partial charge on any atom is -0.477 e. The molecule has 5 rings (SSSR count). The van der Waals surface area contributed by atoms with Gasteiger partial charge in [0, 0.05) is 29.3 Å². The van der Waals surface area contributed by atoms with Crippen molar-refractivity contribution in [1.29, 1.82) is 0 Å². The van der Waals surface area contributed by atoms with Crippen molar-refractivity contribution in [2.24, 2.45) is 5.92 Å². The van der Waals surface area contributed by atoms with Gasteiger partial charge in [-0.25, -0.2) is 4.79 Å². The van der Waals surface area contributed by atoms with Crippen molar-refractivity contribution in [3.63, 3.8) is 0 Å². The van der Waals surface area contributed by atoms with Gasteiger partial charge < -0.3 is 15.3 Å². The van der Waals surface area contributed by atoms with E-state index in [0.717, 1.165) is 31.1 Å². The van der Waals surface area contributed by atoms with Crippen LogP contribution < -0.4 is 5.32 Å². The molecule has 1 aromatic carbocycles. The van der Waals surface area contributed by atoms with E-state index >= 15 is 0 Å². The predicted molar refractivity (Wildman–Crippen MR) is 144 cm³/mol. The highest BCUT2D eigenvalue weighted by atomic mass is 35.5. The van der Waals surface area contributed by atoms with Crippen molar-refractivity contribution in [2.45, 2.75) is 35.6 Å². The number of rotatable bonds is 8. The number of likely N-dealkylation sites (tertiary alicyclic amines) is 1. The smallest absolute Gasteiger partial charge is 0.352 e. The first-order valence-electron chi connectivity index (χ1n) is 11.6. The molecule has 2 N–H and O–H groups in total. The molecule has 0 bridgehead atoms. The quantitative estimate of drug-likeness (QED) is 0.200. The SMILES string of the molecule is O=C(CSc1cc(Cl)c(Cl)cc1Cl)N[C@@H]1C(=O)N2C(C(=O)O)=C(C=C3CCN(CC4CC4)C3=O)CS[C@H]12. The number of fused-ring (bicyclic) bond motifs is 1. The first kappa shape index (κ1) is 26.7. The summed E-state index contributed by atoms with van der Waals surface area (Å²) in [5, 5.41) is 13.0. The lowest BCUT2D eigenvalue weighted by Gasteiger charge is -2.49. The maximum atomic E-state index is 12.9. The summed E-state index contributed by atoms with van der Waals surface area (Å²) in [5.74, 6) is -1.31. The second-order valence-corrected chi connectivity index (χ2v) is 12.6. The zero-order valence-electron chi connectivity index (χ0n) is 19.3. The molecule has 1 aliphatic carbocycles. The van der Waals surface area contributed by atoms with E-state index in [0.29, 0.717) is 55.7 Å². The number of hydrogen-bond acceptors (Lipinski definition) is 6. The van der Waals surface area contributed by atoms with Gasteiger partial charge in [0.15, 0.2) is 0 Å².